The summed E-state index contributed by atoms with van der Waals surface area (Å²) in [6, 6.07) is 16.9. The molecule has 0 bridgehead atoms. The molecule has 5 atom stereocenters. The Balaban J connectivity index is 0.000000229. The average molecular weight is 838 g/mol. The fourth-order valence-corrected chi connectivity index (χ4v) is 8.30. The van der Waals surface area contributed by atoms with Crippen molar-refractivity contribution >= 4 is 54.8 Å². The van der Waals surface area contributed by atoms with Crippen molar-refractivity contribution in [1.82, 2.24) is 44.1 Å². The van der Waals surface area contributed by atoms with Gasteiger partial charge in [-0.15, -0.1) is 0 Å². The fourth-order valence-electron chi connectivity index (χ4n) is 5.37. The second-order valence-electron chi connectivity index (χ2n) is 13.7. The quantitative estimate of drug-likeness (QED) is 0.0690. The number of para-hydroxylation sites is 2. The standard InChI is InChI=1S/C21H29N6O5P.C16H20N5O3P/c1-14(2)31-21(28)16(4)26-33(29,32-17-8-6-5-7-9-17)13-30-15(3)10-27-12-25-18-19(22)23-11-24-20(18)27;1-12(8-21-10-20-14-15(17)18-9-19-16(14)21)23-11-25(2,22)24-13-6-4-3-5-7-13/h5-9,11-12,14-16H,10,13H2,1-4H3,(H,26,29)(H2,22,23,24);3-7,9-10,12H,8,11H2,1-2H3,(H2,17,18,19)/t15-,16+,33?;12-,25?/m11/s1. The van der Waals surface area contributed by atoms with Crippen LogP contribution in [0.4, 0.5) is 11.6 Å². The number of hydrogen-bond donors (Lipinski definition) is 3. The molecule has 5 N–H and O–H groups in total. The Morgan fingerprint density at radius 2 is 1.16 bits per heavy atom. The summed E-state index contributed by atoms with van der Waals surface area (Å²) in [5, 5.41) is 2.78. The molecule has 0 saturated heterocycles. The number of carbonyl (C=O) groups excluding carboxylic acids is 1. The molecule has 2 unspecified atom stereocenters. The van der Waals surface area contributed by atoms with Crippen molar-refractivity contribution in [2.45, 2.75) is 72.1 Å². The van der Waals surface area contributed by atoms with E-state index in [4.69, 9.17) is 34.7 Å². The van der Waals surface area contributed by atoms with Gasteiger partial charge in [0.1, 0.15) is 53.9 Å². The molecule has 0 aliphatic carbocycles. The van der Waals surface area contributed by atoms with Crippen molar-refractivity contribution in [3.8, 4) is 11.5 Å². The van der Waals surface area contributed by atoms with Gasteiger partial charge in [-0.05, 0) is 58.9 Å². The van der Waals surface area contributed by atoms with Crippen molar-refractivity contribution in [2.75, 3.05) is 30.8 Å². The Morgan fingerprint density at radius 1 is 0.690 bits per heavy atom. The van der Waals surface area contributed by atoms with E-state index >= 15 is 0 Å². The number of ether oxygens (including phenoxy) is 3. The highest BCUT2D eigenvalue weighted by Crippen LogP contribution is 2.44. The zero-order valence-corrected chi connectivity index (χ0v) is 34.9. The lowest BCUT2D eigenvalue weighted by atomic mass is 10.3. The zero-order chi connectivity index (χ0) is 41.9. The van der Waals surface area contributed by atoms with Crippen LogP contribution in [0, 0.1) is 0 Å². The maximum absolute atomic E-state index is 13.6. The van der Waals surface area contributed by atoms with Crippen LogP contribution in [0.2, 0.25) is 0 Å². The van der Waals surface area contributed by atoms with Crippen molar-refractivity contribution in [3.05, 3.63) is 86.0 Å². The number of anilines is 2. The van der Waals surface area contributed by atoms with Gasteiger partial charge in [0.05, 0.1) is 44.1 Å². The third-order valence-electron chi connectivity index (χ3n) is 8.02. The van der Waals surface area contributed by atoms with Crippen LogP contribution >= 0.6 is 14.9 Å². The second kappa shape index (κ2) is 19.8. The van der Waals surface area contributed by atoms with E-state index < -0.39 is 26.9 Å². The normalized spacial score (nSPS) is 15.1. The third-order valence-corrected chi connectivity index (χ3v) is 11.0. The number of rotatable bonds is 18. The first-order valence-corrected chi connectivity index (χ1v) is 22.4. The second-order valence-corrected chi connectivity index (χ2v) is 18.2. The number of esters is 1. The molecule has 0 aliphatic heterocycles. The van der Waals surface area contributed by atoms with E-state index in [1.807, 2.05) is 42.7 Å². The fraction of sp³-hybridized carbons (Fsp3) is 0.378. The highest BCUT2D eigenvalue weighted by Gasteiger charge is 2.32. The van der Waals surface area contributed by atoms with Gasteiger partial charge in [-0.25, -0.2) is 35.0 Å². The molecule has 0 aliphatic rings. The summed E-state index contributed by atoms with van der Waals surface area (Å²) in [6.45, 7) is 11.2. The van der Waals surface area contributed by atoms with E-state index in [2.05, 4.69) is 35.0 Å². The van der Waals surface area contributed by atoms with Gasteiger partial charge in [0.2, 0.25) is 0 Å². The van der Waals surface area contributed by atoms with Crippen LogP contribution < -0.4 is 25.6 Å². The number of fused-ring (bicyclic) bond motifs is 2. The molecule has 4 aromatic heterocycles. The van der Waals surface area contributed by atoms with E-state index in [9.17, 15) is 13.9 Å². The molecule has 58 heavy (non-hydrogen) atoms. The minimum absolute atomic E-state index is 0.0206. The summed E-state index contributed by atoms with van der Waals surface area (Å²) in [7, 11) is -6.55. The number of nitrogens with two attached hydrogens (primary N) is 2. The number of imidazole rings is 2. The Hall–Kier alpha value is -5.45. The van der Waals surface area contributed by atoms with E-state index in [0.29, 0.717) is 58.6 Å². The van der Waals surface area contributed by atoms with Gasteiger partial charge >= 0.3 is 13.5 Å². The molecule has 2 aromatic carbocycles. The first kappa shape index (κ1) is 43.7. The molecule has 310 valence electrons. The van der Waals surface area contributed by atoms with Crippen molar-refractivity contribution < 1.29 is 37.2 Å². The predicted molar refractivity (Wildman–Crippen MR) is 219 cm³/mol. The Morgan fingerprint density at radius 3 is 1.64 bits per heavy atom. The van der Waals surface area contributed by atoms with E-state index in [-0.39, 0.29) is 31.0 Å². The molecule has 0 spiro atoms. The summed E-state index contributed by atoms with van der Waals surface area (Å²) in [6.07, 6.45) is 4.86. The number of benzene rings is 2. The van der Waals surface area contributed by atoms with Crippen LogP contribution in [0.25, 0.3) is 22.3 Å². The van der Waals surface area contributed by atoms with E-state index in [1.165, 1.54) is 12.7 Å². The maximum Gasteiger partial charge on any atom is 0.342 e. The Kier molecular flexibility index (Phi) is 14.9. The number of hydrogen-bond acceptors (Lipinski definition) is 16. The molecule has 0 amide bonds. The van der Waals surface area contributed by atoms with Gasteiger partial charge < -0.3 is 43.9 Å². The minimum atomic E-state index is -3.64. The molecule has 6 rings (SSSR count). The molecule has 21 heteroatoms. The third kappa shape index (κ3) is 12.5. The highest BCUT2D eigenvalue weighted by atomic mass is 31.2. The summed E-state index contributed by atoms with van der Waals surface area (Å²) in [5.41, 5.74) is 13.9. The zero-order valence-electron chi connectivity index (χ0n) is 33.1. The number of carbonyl (C=O) groups is 1. The van der Waals surface area contributed by atoms with Gasteiger partial charge in [-0.1, -0.05) is 36.4 Å². The topological polar surface area (TPSA) is 249 Å². The first-order valence-electron chi connectivity index (χ1n) is 18.3. The number of nitrogens with one attached hydrogen (secondary N) is 1. The van der Waals surface area contributed by atoms with Crippen LogP contribution in [-0.2, 0) is 41.2 Å². The first-order chi connectivity index (χ1) is 27.6. The Bertz CT molecular complexity index is 2350. The van der Waals surface area contributed by atoms with Crippen LogP contribution in [0.15, 0.2) is 86.0 Å². The van der Waals surface area contributed by atoms with Crippen molar-refractivity contribution in [2.24, 2.45) is 0 Å². The largest absolute Gasteiger partial charge is 0.462 e. The molecule has 6 aromatic rings. The predicted octanol–water partition coefficient (Wildman–Crippen LogP) is 5.73. The molecular weight excluding hydrogens is 788 g/mol. The lowest BCUT2D eigenvalue weighted by Gasteiger charge is -2.25. The van der Waals surface area contributed by atoms with Crippen LogP contribution in [0.1, 0.15) is 34.6 Å². The number of nitrogen functional groups attached to an aromatic ring is 2. The lowest BCUT2D eigenvalue weighted by molar-refractivity contribution is -0.149. The maximum atomic E-state index is 13.6. The molecule has 0 radical (unpaired) electrons. The summed E-state index contributed by atoms with van der Waals surface area (Å²) in [5.74, 6) is 1.06. The lowest BCUT2D eigenvalue weighted by Crippen LogP contribution is -2.37. The van der Waals surface area contributed by atoms with Crippen LogP contribution in [0.3, 0.4) is 0 Å². The summed E-state index contributed by atoms with van der Waals surface area (Å²) in [4.78, 5) is 36.9. The summed E-state index contributed by atoms with van der Waals surface area (Å²) >= 11 is 0. The average Bonchev–Trinajstić information content (AvgIpc) is 3.79. The van der Waals surface area contributed by atoms with E-state index in [1.54, 1.807) is 81.1 Å². The van der Waals surface area contributed by atoms with Gasteiger partial charge in [-0.3, -0.25) is 13.9 Å². The summed E-state index contributed by atoms with van der Waals surface area (Å²) < 4.78 is 57.9. The Labute approximate surface area is 335 Å². The SMILES string of the molecule is CC(C)OC(=O)[C@H](C)NP(=O)(CO[C@H](C)Cn1cnc2c(N)ncnc21)Oc1ccccc1.C[C@H](Cn1cnc2c(N)ncnc21)OCP(C)(=O)Oc1ccccc1. The van der Waals surface area contributed by atoms with Crippen LogP contribution in [-0.4, -0.2) is 88.7 Å². The van der Waals surface area contributed by atoms with E-state index in [0.717, 1.165) is 0 Å². The van der Waals surface area contributed by atoms with Crippen molar-refractivity contribution in [1.29, 1.82) is 0 Å². The highest BCUT2D eigenvalue weighted by molar-refractivity contribution is 7.58. The van der Waals surface area contributed by atoms with Crippen LogP contribution in [0.5, 0.6) is 11.5 Å². The number of aromatic nitrogens is 8. The van der Waals surface area contributed by atoms with Gasteiger partial charge in [0.15, 0.2) is 22.9 Å². The minimum Gasteiger partial charge on any atom is -0.462 e. The number of nitrogens with zero attached hydrogens (tertiary/aromatic N) is 8. The smallest absolute Gasteiger partial charge is 0.342 e. The van der Waals surface area contributed by atoms with Gasteiger partial charge in [-0.2, -0.15) is 0 Å². The molecular formula is C37H49N11O8P2. The molecule has 4 heterocycles. The molecule has 0 fully saturated rings. The van der Waals surface area contributed by atoms with Gasteiger partial charge in [0, 0.05) is 6.66 Å². The monoisotopic (exact) mass is 837 g/mol. The van der Waals surface area contributed by atoms with Gasteiger partial charge in [0.25, 0.3) is 7.37 Å². The molecule has 0 saturated carbocycles. The molecule has 19 nitrogen and oxygen atoms in total. The van der Waals surface area contributed by atoms with Crippen molar-refractivity contribution in [3.63, 3.8) is 0 Å².